The minimum atomic E-state index is -0.724. The molecule has 0 spiro atoms. The monoisotopic (exact) mass is 468 g/mol. The van der Waals surface area contributed by atoms with Crippen LogP contribution in [0.4, 0.5) is 4.79 Å². The Labute approximate surface area is 201 Å². The van der Waals surface area contributed by atoms with E-state index in [4.69, 9.17) is 9.47 Å². The van der Waals surface area contributed by atoms with Gasteiger partial charge in [0, 0.05) is 45.3 Å². The highest BCUT2D eigenvalue weighted by molar-refractivity contribution is 5.67. The van der Waals surface area contributed by atoms with Crippen molar-refractivity contribution in [1.29, 1.82) is 0 Å². The van der Waals surface area contributed by atoms with E-state index in [-0.39, 0.29) is 6.04 Å². The number of carbonyl (C=O) groups excluding carboxylic acids is 1. The van der Waals surface area contributed by atoms with Crippen LogP contribution in [0.15, 0.2) is 54.6 Å². The molecule has 8 heteroatoms. The smallest absolute Gasteiger partial charge is 0.407 e. The lowest BCUT2D eigenvalue weighted by Crippen LogP contribution is -2.51. The van der Waals surface area contributed by atoms with Crippen molar-refractivity contribution < 1.29 is 19.4 Å². The third kappa shape index (κ3) is 6.70. The molecular formula is C26H36N4O4. The lowest BCUT2D eigenvalue weighted by molar-refractivity contribution is 0.0186. The largest absolute Gasteiger partial charge is 0.497 e. The molecule has 184 valence electrons. The molecule has 8 nitrogen and oxygen atoms in total. The second kappa shape index (κ2) is 12.2. The quantitative estimate of drug-likeness (QED) is 0.443. The number of aliphatic hydroxyl groups is 1. The average molecular weight is 469 g/mol. The number of hydrogen-bond donors (Lipinski definition) is 4. The van der Waals surface area contributed by atoms with Gasteiger partial charge in [-0.25, -0.2) is 4.79 Å². The number of benzene rings is 2. The molecule has 2 aromatic carbocycles. The van der Waals surface area contributed by atoms with Gasteiger partial charge in [0.05, 0.1) is 13.2 Å². The highest BCUT2D eigenvalue weighted by Crippen LogP contribution is 2.19. The van der Waals surface area contributed by atoms with Gasteiger partial charge in [-0.2, -0.15) is 0 Å². The summed E-state index contributed by atoms with van der Waals surface area (Å²) in [5, 5.41) is 20.0. The summed E-state index contributed by atoms with van der Waals surface area (Å²) < 4.78 is 10.9. The molecule has 0 bridgehead atoms. The maximum Gasteiger partial charge on any atom is 0.407 e. The van der Waals surface area contributed by atoms with Gasteiger partial charge in [-0.3, -0.25) is 4.90 Å². The average Bonchev–Trinajstić information content (AvgIpc) is 3.20. The Bertz CT molecular complexity index is 895. The third-order valence-corrected chi connectivity index (χ3v) is 6.67. The van der Waals surface area contributed by atoms with Gasteiger partial charge in [-0.15, -0.1) is 0 Å². The fraction of sp³-hybridized carbons (Fsp3) is 0.500. The molecule has 2 fully saturated rings. The summed E-state index contributed by atoms with van der Waals surface area (Å²) in [5.41, 5.74) is 2.39. The van der Waals surface area contributed by atoms with Crippen LogP contribution < -0.4 is 20.7 Å². The van der Waals surface area contributed by atoms with Crippen LogP contribution in [-0.4, -0.2) is 80.2 Å². The van der Waals surface area contributed by atoms with Gasteiger partial charge in [-0.05, 0) is 36.1 Å². The zero-order valence-corrected chi connectivity index (χ0v) is 19.8. The number of rotatable bonds is 9. The van der Waals surface area contributed by atoms with Crippen LogP contribution in [0.2, 0.25) is 0 Å². The molecule has 4 atom stereocenters. The van der Waals surface area contributed by atoms with Crippen molar-refractivity contribution in [3.63, 3.8) is 0 Å². The molecule has 0 aliphatic carbocycles. The zero-order chi connectivity index (χ0) is 23.8. The first-order valence-electron chi connectivity index (χ1n) is 12.1. The number of alkyl carbamates (subject to hydrolysis) is 1. The van der Waals surface area contributed by atoms with Gasteiger partial charge >= 0.3 is 6.09 Å². The highest BCUT2D eigenvalue weighted by Gasteiger charge is 2.37. The van der Waals surface area contributed by atoms with E-state index in [1.807, 2.05) is 30.3 Å². The number of ether oxygens (including phenoxy) is 2. The third-order valence-electron chi connectivity index (χ3n) is 6.67. The van der Waals surface area contributed by atoms with Crippen LogP contribution in [0, 0.1) is 0 Å². The molecule has 1 amide bonds. The number of nitrogens with zero attached hydrogens (tertiary/aromatic N) is 1. The maximum atomic E-state index is 12.5. The van der Waals surface area contributed by atoms with E-state index in [9.17, 15) is 9.90 Å². The summed E-state index contributed by atoms with van der Waals surface area (Å²) >= 11 is 0. The Balaban J connectivity index is 1.24. The summed E-state index contributed by atoms with van der Waals surface area (Å²) in [7, 11) is 1.64. The standard InChI is InChI=1S/C26H36N4O4/c1-33-22-9-7-19(8-10-22)15-23-25(24(31)17-29-23)34-26(32)28-12-11-21-16-27-13-14-30(21)18-20-5-3-2-4-6-20/h2-10,21,23-25,27,29,31H,11-18H2,1H3,(H,28,32)/t21-,23+,24-,25-/m0/s1. The van der Waals surface area contributed by atoms with E-state index in [2.05, 4.69) is 45.1 Å². The van der Waals surface area contributed by atoms with E-state index in [1.165, 1.54) is 5.56 Å². The minimum absolute atomic E-state index is 0.141. The number of β-amino-alcohol motifs (C(OH)–C–C–N with tert-alkyl or cyclic N) is 1. The summed E-state index contributed by atoms with van der Waals surface area (Å²) in [6.45, 7) is 4.69. The van der Waals surface area contributed by atoms with Gasteiger partial charge in [-0.1, -0.05) is 42.5 Å². The Morgan fingerprint density at radius 2 is 1.91 bits per heavy atom. The SMILES string of the molecule is COc1ccc(C[C@H]2NC[C@H](O)[C@H]2OC(=O)NCC[C@H]2CNCCN2Cc2ccccc2)cc1. The molecule has 0 unspecified atom stereocenters. The van der Waals surface area contributed by atoms with Gasteiger partial charge in [0.15, 0.2) is 0 Å². The molecule has 2 aromatic rings. The zero-order valence-electron chi connectivity index (χ0n) is 19.8. The number of hydrogen-bond acceptors (Lipinski definition) is 7. The van der Waals surface area contributed by atoms with Crippen LogP contribution in [0.5, 0.6) is 5.75 Å². The minimum Gasteiger partial charge on any atom is -0.497 e. The lowest BCUT2D eigenvalue weighted by Gasteiger charge is -2.36. The number of piperazine rings is 1. The fourth-order valence-corrected chi connectivity index (χ4v) is 4.76. The molecule has 2 aliphatic rings. The lowest BCUT2D eigenvalue weighted by atomic mass is 10.0. The van der Waals surface area contributed by atoms with Gasteiger partial charge in [0.25, 0.3) is 0 Å². The van der Waals surface area contributed by atoms with E-state index < -0.39 is 18.3 Å². The van der Waals surface area contributed by atoms with Crippen molar-refractivity contribution in [3.8, 4) is 5.75 Å². The molecule has 2 saturated heterocycles. The first-order valence-corrected chi connectivity index (χ1v) is 12.1. The number of nitrogens with one attached hydrogen (secondary N) is 3. The van der Waals surface area contributed by atoms with Crippen molar-refractivity contribution in [1.82, 2.24) is 20.9 Å². The Hall–Kier alpha value is -2.65. The second-order valence-corrected chi connectivity index (χ2v) is 9.03. The molecule has 2 heterocycles. The molecule has 34 heavy (non-hydrogen) atoms. The van der Waals surface area contributed by atoms with E-state index in [0.29, 0.717) is 25.6 Å². The van der Waals surface area contributed by atoms with Gasteiger partial charge in [0.2, 0.25) is 0 Å². The normalized spacial score (nSPS) is 25.1. The van der Waals surface area contributed by atoms with E-state index in [0.717, 1.165) is 43.9 Å². The summed E-state index contributed by atoms with van der Waals surface area (Å²) in [6, 6.07) is 18.5. The van der Waals surface area contributed by atoms with Crippen LogP contribution in [0.3, 0.4) is 0 Å². The first-order chi connectivity index (χ1) is 16.6. The fourth-order valence-electron chi connectivity index (χ4n) is 4.76. The summed E-state index contributed by atoms with van der Waals surface area (Å²) in [4.78, 5) is 15.0. The summed E-state index contributed by atoms with van der Waals surface area (Å²) in [6.07, 6.45) is -0.312. The van der Waals surface area contributed by atoms with Crippen molar-refractivity contribution in [2.75, 3.05) is 39.8 Å². The van der Waals surface area contributed by atoms with Crippen LogP contribution in [0.1, 0.15) is 17.5 Å². The highest BCUT2D eigenvalue weighted by atomic mass is 16.6. The number of methoxy groups -OCH3 is 1. The van der Waals surface area contributed by atoms with Crippen molar-refractivity contribution in [2.45, 2.75) is 43.7 Å². The second-order valence-electron chi connectivity index (χ2n) is 9.03. The molecule has 2 aliphatic heterocycles. The molecule has 4 N–H and O–H groups in total. The molecular weight excluding hydrogens is 432 g/mol. The molecule has 0 saturated carbocycles. The topological polar surface area (TPSA) is 95.1 Å². The van der Waals surface area contributed by atoms with E-state index >= 15 is 0 Å². The Morgan fingerprint density at radius 3 is 2.68 bits per heavy atom. The van der Waals surface area contributed by atoms with Crippen LogP contribution in [-0.2, 0) is 17.7 Å². The predicted molar refractivity (Wildman–Crippen MR) is 131 cm³/mol. The Kier molecular flexibility index (Phi) is 8.76. The molecule has 0 aromatic heterocycles. The predicted octanol–water partition coefficient (Wildman–Crippen LogP) is 1.53. The number of aliphatic hydroxyl groups excluding tert-OH is 1. The van der Waals surface area contributed by atoms with Gasteiger partial charge in [0.1, 0.15) is 18.0 Å². The van der Waals surface area contributed by atoms with Crippen LogP contribution in [0.25, 0.3) is 0 Å². The van der Waals surface area contributed by atoms with Crippen molar-refractivity contribution in [3.05, 3.63) is 65.7 Å². The first kappa shape index (κ1) is 24.5. The maximum absolute atomic E-state index is 12.5. The van der Waals surface area contributed by atoms with Crippen molar-refractivity contribution >= 4 is 6.09 Å². The van der Waals surface area contributed by atoms with Crippen LogP contribution >= 0.6 is 0 Å². The Morgan fingerprint density at radius 1 is 1.12 bits per heavy atom. The molecule has 4 rings (SSSR count). The van der Waals surface area contributed by atoms with Crippen molar-refractivity contribution in [2.24, 2.45) is 0 Å². The summed E-state index contributed by atoms with van der Waals surface area (Å²) in [5.74, 6) is 0.797. The number of amides is 1. The molecule has 0 radical (unpaired) electrons. The van der Waals surface area contributed by atoms with Gasteiger partial charge < -0.3 is 30.5 Å². The van der Waals surface area contributed by atoms with E-state index in [1.54, 1.807) is 7.11 Å². The number of carbonyl (C=O) groups is 1.